The lowest BCUT2D eigenvalue weighted by atomic mass is 9.89. The first-order valence-electron chi connectivity index (χ1n) is 7.72. The average Bonchev–Trinajstić information content (AvgIpc) is 3.23. The number of nitrogens with one attached hydrogen (secondary N) is 1. The quantitative estimate of drug-likeness (QED) is 0.912. The van der Waals surface area contributed by atoms with Crippen LogP contribution in [0.3, 0.4) is 0 Å². The molecule has 1 saturated heterocycles. The zero-order valence-electron chi connectivity index (χ0n) is 12.7. The molecule has 1 N–H and O–H groups in total. The van der Waals surface area contributed by atoms with Crippen LogP contribution in [0.15, 0.2) is 18.2 Å². The summed E-state index contributed by atoms with van der Waals surface area (Å²) in [5, 5.41) is 3.62. The van der Waals surface area contributed by atoms with Crippen molar-refractivity contribution < 1.29 is 4.39 Å². The number of hydrogen-bond acceptors (Lipinski definition) is 2. The number of aryl methyl sites for hydroxylation is 1. The number of nitrogens with zero attached hydrogens (tertiary/aromatic N) is 1. The van der Waals surface area contributed by atoms with Crippen molar-refractivity contribution in [3.8, 4) is 0 Å². The number of benzene rings is 1. The van der Waals surface area contributed by atoms with Crippen molar-refractivity contribution in [2.24, 2.45) is 5.92 Å². The van der Waals surface area contributed by atoms with Gasteiger partial charge in [0.1, 0.15) is 5.82 Å². The Balaban J connectivity index is 1.84. The second kappa shape index (κ2) is 5.12. The Morgan fingerprint density at radius 1 is 1.40 bits per heavy atom. The smallest absolute Gasteiger partial charge is 0.123 e. The van der Waals surface area contributed by atoms with Crippen LogP contribution in [0, 0.1) is 18.7 Å². The van der Waals surface area contributed by atoms with Gasteiger partial charge in [-0.3, -0.25) is 4.90 Å². The van der Waals surface area contributed by atoms with Crippen LogP contribution in [0.25, 0.3) is 0 Å². The standard InChI is InChI=1S/C17H25FN2/c1-12-4-7-16(18)8-14(12)10-20-9-13(2)19-11-17(20,3)15-5-6-15/h4,7-8,13,15,19H,5-6,9-11H2,1-3H3. The monoisotopic (exact) mass is 276 g/mol. The van der Waals surface area contributed by atoms with Crippen LogP contribution in [0.5, 0.6) is 0 Å². The van der Waals surface area contributed by atoms with Gasteiger partial charge in [-0.15, -0.1) is 0 Å². The summed E-state index contributed by atoms with van der Waals surface area (Å²) >= 11 is 0. The molecular weight excluding hydrogens is 251 g/mol. The van der Waals surface area contributed by atoms with E-state index in [0.717, 1.165) is 31.1 Å². The molecule has 0 amide bonds. The molecule has 20 heavy (non-hydrogen) atoms. The maximum atomic E-state index is 13.5. The molecule has 0 radical (unpaired) electrons. The van der Waals surface area contributed by atoms with Crippen molar-refractivity contribution in [3.63, 3.8) is 0 Å². The van der Waals surface area contributed by atoms with E-state index in [-0.39, 0.29) is 11.4 Å². The SMILES string of the molecule is Cc1ccc(F)cc1CN1CC(C)NCC1(C)C1CC1. The second-order valence-electron chi connectivity index (χ2n) is 6.86. The van der Waals surface area contributed by atoms with Gasteiger partial charge in [-0.25, -0.2) is 4.39 Å². The third-order valence-electron chi connectivity index (χ3n) is 5.15. The molecule has 1 aliphatic heterocycles. The van der Waals surface area contributed by atoms with E-state index in [4.69, 9.17) is 0 Å². The van der Waals surface area contributed by atoms with Gasteiger partial charge < -0.3 is 5.32 Å². The summed E-state index contributed by atoms with van der Waals surface area (Å²) in [6, 6.07) is 5.66. The summed E-state index contributed by atoms with van der Waals surface area (Å²) in [7, 11) is 0. The Labute approximate surface area is 121 Å². The van der Waals surface area contributed by atoms with Crippen molar-refractivity contribution in [2.45, 2.75) is 51.7 Å². The average molecular weight is 276 g/mol. The van der Waals surface area contributed by atoms with Gasteiger partial charge in [0.25, 0.3) is 0 Å². The van der Waals surface area contributed by atoms with Crippen LogP contribution in [0.2, 0.25) is 0 Å². The van der Waals surface area contributed by atoms with Gasteiger partial charge >= 0.3 is 0 Å². The highest BCUT2D eigenvalue weighted by molar-refractivity contribution is 5.27. The molecule has 3 rings (SSSR count). The molecule has 0 spiro atoms. The van der Waals surface area contributed by atoms with Gasteiger partial charge in [-0.05, 0) is 62.8 Å². The van der Waals surface area contributed by atoms with E-state index < -0.39 is 0 Å². The molecule has 1 aromatic rings. The molecule has 2 atom stereocenters. The summed E-state index contributed by atoms with van der Waals surface area (Å²) in [6.07, 6.45) is 2.68. The Hall–Kier alpha value is -0.930. The van der Waals surface area contributed by atoms with Crippen molar-refractivity contribution in [2.75, 3.05) is 13.1 Å². The molecule has 2 nitrogen and oxygen atoms in total. The minimum absolute atomic E-state index is 0.123. The molecule has 110 valence electrons. The van der Waals surface area contributed by atoms with Crippen molar-refractivity contribution in [1.82, 2.24) is 10.2 Å². The molecule has 2 unspecified atom stereocenters. The highest BCUT2D eigenvalue weighted by atomic mass is 19.1. The van der Waals surface area contributed by atoms with Gasteiger partial charge in [0.05, 0.1) is 0 Å². The van der Waals surface area contributed by atoms with Gasteiger partial charge in [-0.2, -0.15) is 0 Å². The number of halogens is 1. The lowest BCUT2D eigenvalue weighted by Gasteiger charge is -2.48. The van der Waals surface area contributed by atoms with Crippen LogP contribution >= 0.6 is 0 Å². The van der Waals surface area contributed by atoms with Gasteiger partial charge in [0, 0.05) is 31.2 Å². The molecule has 2 fully saturated rings. The molecule has 0 bridgehead atoms. The Morgan fingerprint density at radius 3 is 2.85 bits per heavy atom. The maximum absolute atomic E-state index is 13.5. The van der Waals surface area contributed by atoms with Crippen LogP contribution in [0.4, 0.5) is 4.39 Å². The van der Waals surface area contributed by atoms with Crippen molar-refractivity contribution >= 4 is 0 Å². The Bertz CT molecular complexity index is 498. The predicted octanol–water partition coefficient (Wildman–Crippen LogP) is 3.10. The minimum atomic E-state index is -0.123. The Kier molecular flexibility index (Phi) is 3.59. The van der Waals surface area contributed by atoms with Crippen molar-refractivity contribution in [3.05, 3.63) is 35.1 Å². The van der Waals surface area contributed by atoms with Gasteiger partial charge in [0.15, 0.2) is 0 Å². The van der Waals surface area contributed by atoms with Crippen LogP contribution < -0.4 is 5.32 Å². The first kappa shape index (κ1) is 14.0. The summed E-state index contributed by atoms with van der Waals surface area (Å²) < 4.78 is 13.5. The van der Waals surface area contributed by atoms with Crippen LogP contribution in [-0.2, 0) is 6.54 Å². The lowest BCUT2D eigenvalue weighted by Crippen LogP contribution is -2.63. The molecule has 0 aromatic heterocycles. The molecule has 1 saturated carbocycles. The molecule has 1 aliphatic carbocycles. The third-order valence-corrected chi connectivity index (χ3v) is 5.15. The molecular formula is C17H25FN2. The number of hydrogen-bond donors (Lipinski definition) is 1. The summed E-state index contributed by atoms with van der Waals surface area (Å²) in [6.45, 7) is 9.64. The fourth-order valence-corrected chi connectivity index (χ4v) is 3.47. The van der Waals surface area contributed by atoms with Gasteiger partial charge in [-0.1, -0.05) is 6.07 Å². The summed E-state index contributed by atoms with van der Waals surface area (Å²) in [5.41, 5.74) is 2.55. The minimum Gasteiger partial charge on any atom is -0.311 e. The number of rotatable bonds is 3. The fraction of sp³-hybridized carbons (Fsp3) is 0.647. The highest BCUT2D eigenvalue weighted by Crippen LogP contribution is 2.44. The van der Waals surface area contributed by atoms with E-state index in [2.05, 4.69) is 31.0 Å². The van der Waals surface area contributed by atoms with E-state index in [1.165, 1.54) is 18.4 Å². The Morgan fingerprint density at radius 2 is 2.15 bits per heavy atom. The van der Waals surface area contributed by atoms with Crippen LogP contribution in [0.1, 0.15) is 37.8 Å². The van der Waals surface area contributed by atoms with Gasteiger partial charge in [0.2, 0.25) is 0 Å². The van der Waals surface area contributed by atoms with Crippen LogP contribution in [-0.4, -0.2) is 29.6 Å². The van der Waals surface area contributed by atoms with E-state index in [0.29, 0.717) is 6.04 Å². The molecule has 1 aromatic carbocycles. The summed E-state index contributed by atoms with van der Waals surface area (Å²) in [4.78, 5) is 2.58. The van der Waals surface area contributed by atoms with E-state index in [9.17, 15) is 4.39 Å². The second-order valence-corrected chi connectivity index (χ2v) is 6.86. The summed E-state index contributed by atoms with van der Waals surface area (Å²) in [5.74, 6) is 0.679. The van der Waals surface area contributed by atoms with E-state index in [1.54, 1.807) is 12.1 Å². The first-order valence-corrected chi connectivity index (χ1v) is 7.72. The topological polar surface area (TPSA) is 15.3 Å². The normalized spacial score (nSPS) is 31.5. The fourth-order valence-electron chi connectivity index (χ4n) is 3.47. The maximum Gasteiger partial charge on any atom is 0.123 e. The largest absolute Gasteiger partial charge is 0.311 e. The van der Waals surface area contributed by atoms with E-state index >= 15 is 0 Å². The molecule has 2 aliphatic rings. The third kappa shape index (κ3) is 2.61. The zero-order chi connectivity index (χ0) is 14.3. The zero-order valence-corrected chi connectivity index (χ0v) is 12.7. The predicted molar refractivity (Wildman–Crippen MR) is 80.1 cm³/mol. The number of piperazine rings is 1. The first-order chi connectivity index (χ1) is 9.49. The highest BCUT2D eigenvalue weighted by Gasteiger charge is 2.47. The molecule has 3 heteroatoms. The molecule has 1 heterocycles. The van der Waals surface area contributed by atoms with E-state index in [1.807, 2.05) is 6.07 Å². The van der Waals surface area contributed by atoms with Crippen molar-refractivity contribution in [1.29, 1.82) is 0 Å². The lowest BCUT2D eigenvalue weighted by molar-refractivity contribution is 0.0310.